The van der Waals surface area contributed by atoms with E-state index in [0.717, 1.165) is 25.7 Å². The first-order chi connectivity index (χ1) is 10.4. The largest absolute Gasteiger partial charge is 0.481 e. The average Bonchev–Trinajstić information content (AvgIpc) is 2.84. The number of hydrogen-bond acceptors (Lipinski definition) is 4. The number of rotatable bonds is 7. The number of amides is 2. The number of urea groups is 1. The van der Waals surface area contributed by atoms with Crippen molar-refractivity contribution < 1.29 is 23.1 Å². The van der Waals surface area contributed by atoms with Crippen LogP contribution in [0, 0.1) is 0 Å². The van der Waals surface area contributed by atoms with E-state index in [1.54, 1.807) is 0 Å². The number of aliphatic carboxylic acids is 1. The number of sulfonamides is 1. The zero-order chi connectivity index (χ0) is 16.2. The smallest absolute Gasteiger partial charge is 0.317 e. The van der Waals surface area contributed by atoms with Crippen LogP contribution in [0.3, 0.4) is 0 Å². The third-order valence-electron chi connectivity index (χ3n) is 4.10. The number of hydrogen-bond donors (Lipinski definition) is 3. The highest BCUT2D eigenvalue weighted by Crippen LogP contribution is 2.21. The van der Waals surface area contributed by atoms with Gasteiger partial charge in [-0.25, -0.2) is 17.9 Å². The zero-order valence-corrected chi connectivity index (χ0v) is 13.3. The van der Waals surface area contributed by atoms with Gasteiger partial charge >= 0.3 is 12.0 Å². The molecule has 9 heteroatoms. The Morgan fingerprint density at radius 2 is 1.82 bits per heavy atom. The van der Waals surface area contributed by atoms with Crippen molar-refractivity contribution in [1.29, 1.82) is 0 Å². The molecule has 1 aliphatic carbocycles. The fourth-order valence-electron chi connectivity index (χ4n) is 2.72. The van der Waals surface area contributed by atoms with E-state index in [2.05, 4.69) is 10.0 Å². The highest BCUT2D eigenvalue weighted by atomic mass is 32.2. The molecule has 2 fully saturated rings. The van der Waals surface area contributed by atoms with E-state index >= 15 is 0 Å². The molecule has 0 unspecified atom stereocenters. The maximum absolute atomic E-state index is 12.1. The molecule has 0 radical (unpaired) electrons. The van der Waals surface area contributed by atoms with Gasteiger partial charge in [-0.05, 0) is 19.3 Å². The van der Waals surface area contributed by atoms with Crippen molar-refractivity contribution in [2.75, 3.05) is 19.6 Å². The van der Waals surface area contributed by atoms with Crippen LogP contribution in [0.5, 0.6) is 0 Å². The Labute approximate surface area is 130 Å². The number of carboxylic acid groups (broad SMARTS) is 1. The fraction of sp³-hybridized carbons (Fsp3) is 0.846. The molecule has 0 bridgehead atoms. The summed E-state index contributed by atoms with van der Waals surface area (Å²) in [5, 5.41) is 10.5. The summed E-state index contributed by atoms with van der Waals surface area (Å²) < 4.78 is 27.0. The van der Waals surface area contributed by atoms with Gasteiger partial charge in [-0.15, -0.1) is 0 Å². The number of carbonyl (C=O) groups excluding carboxylic acids is 1. The van der Waals surface area contributed by atoms with E-state index in [4.69, 9.17) is 5.11 Å². The lowest BCUT2D eigenvalue weighted by atomic mass is 10.2. The third kappa shape index (κ3) is 4.57. The predicted molar refractivity (Wildman–Crippen MR) is 79.9 cm³/mol. The normalized spacial score (nSPS) is 19.9. The Kier molecular flexibility index (Phi) is 5.63. The summed E-state index contributed by atoms with van der Waals surface area (Å²) >= 11 is 0. The van der Waals surface area contributed by atoms with Gasteiger partial charge in [0.05, 0.1) is 0 Å². The molecule has 1 saturated heterocycles. The van der Waals surface area contributed by atoms with Crippen LogP contribution in [0.4, 0.5) is 4.79 Å². The van der Waals surface area contributed by atoms with Gasteiger partial charge in [-0.3, -0.25) is 4.79 Å². The minimum atomic E-state index is -3.36. The summed E-state index contributed by atoms with van der Waals surface area (Å²) in [5.41, 5.74) is 0. The zero-order valence-electron chi connectivity index (χ0n) is 12.5. The molecule has 0 spiro atoms. The molecular formula is C13H23N3O5S. The topological polar surface area (TPSA) is 116 Å². The highest BCUT2D eigenvalue weighted by Gasteiger charge is 2.40. The maximum atomic E-state index is 12.1. The van der Waals surface area contributed by atoms with E-state index in [-0.39, 0.29) is 38.1 Å². The van der Waals surface area contributed by atoms with Crippen molar-refractivity contribution in [1.82, 2.24) is 14.9 Å². The first kappa shape index (κ1) is 17.0. The van der Waals surface area contributed by atoms with Crippen LogP contribution in [0.15, 0.2) is 0 Å². The van der Waals surface area contributed by atoms with Crippen LogP contribution in [0.2, 0.25) is 0 Å². The molecule has 1 saturated carbocycles. The van der Waals surface area contributed by atoms with E-state index < -0.39 is 21.2 Å². The van der Waals surface area contributed by atoms with Crippen LogP contribution in [0.1, 0.15) is 38.5 Å². The van der Waals surface area contributed by atoms with Gasteiger partial charge in [0, 0.05) is 32.1 Å². The molecule has 1 heterocycles. The molecule has 2 amide bonds. The second kappa shape index (κ2) is 7.28. The minimum Gasteiger partial charge on any atom is -0.481 e. The van der Waals surface area contributed by atoms with Gasteiger partial charge in [0.2, 0.25) is 10.0 Å². The molecule has 0 aromatic heterocycles. The molecule has 126 valence electrons. The maximum Gasteiger partial charge on any atom is 0.317 e. The van der Waals surface area contributed by atoms with Crippen LogP contribution in [-0.2, 0) is 14.8 Å². The summed E-state index contributed by atoms with van der Waals surface area (Å²) in [7, 11) is -3.36. The Morgan fingerprint density at radius 3 is 2.41 bits per heavy atom. The molecule has 8 nitrogen and oxygen atoms in total. The summed E-state index contributed by atoms with van der Waals surface area (Å²) in [6, 6.07) is -0.290. The van der Waals surface area contributed by atoms with E-state index in [1.165, 1.54) is 4.90 Å². The number of likely N-dealkylation sites (tertiary alicyclic amines) is 1. The third-order valence-corrected chi connectivity index (χ3v) is 5.94. The molecule has 3 N–H and O–H groups in total. The van der Waals surface area contributed by atoms with Gasteiger partial charge in [-0.1, -0.05) is 12.8 Å². The van der Waals surface area contributed by atoms with Crippen molar-refractivity contribution in [3.05, 3.63) is 0 Å². The molecule has 0 aromatic rings. The molecule has 0 atom stereocenters. The molecule has 2 rings (SSSR count). The Balaban J connectivity index is 1.67. The average molecular weight is 333 g/mol. The van der Waals surface area contributed by atoms with E-state index in [1.807, 2.05) is 0 Å². The number of nitrogens with one attached hydrogen (secondary N) is 2. The van der Waals surface area contributed by atoms with Gasteiger partial charge < -0.3 is 15.3 Å². The van der Waals surface area contributed by atoms with Crippen LogP contribution in [-0.4, -0.2) is 61.4 Å². The monoisotopic (exact) mass is 333 g/mol. The molecule has 2 aliphatic rings. The Morgan fingerprint density at radius 1 is 1.18 bits per heavy atom. The lowest BCUT2D eigenvalue weighted by Gasteiger charge is -2.38. The van der Waals surface area contributed by atoms with Gasteiger partial charge in [0.25, 0.3) is 0 Å². The fourth-order valence-corrected chi connectivity index (χ4v) is 4.36. The molecule has 0 aromatic carbocycles. The van der Waals surface area contributed by atoms with Crippen molar-refractivity contribution >= 4 is 22.0 Å². The first-order valence-electron chi connectivity index (χ1n) is 7.64. The molecule has 1 aliphatic heterocycles. The minimum absolute atomic E-state index is 0.00257. The summed E-state index contributed by atoms with van der Waals surface area (Å²) in [5.74, 6) is -0.901. The number of carboxylic acids is 1. The SMILES string of the molecule is O=C(O)CCCNC(=O)N1CC(S(=O)(=O)NC2CCCC2)C1. The van der Waals surface area contributed by atoms with Gasteiger partial charge in [-0.2, -0.15) is 0 Å². The van der Waals surface area contributed by atoms with Crippen molar-refractivity contribution in [3.8, 4) is 0 Å². The van der Waals surface area contributed by atoms with Gasteiger partial charge in [0.1, 0.15) is 5.25 Å². The van der Waals surface area contributed by atoms with Gasteiger partial charge in [0.15, 0.2) is 0 Å². The molecular weight excluding hydrogens is 310 g/mol. The van der Waals surface area contributed by atoms with E-state index in [0.29, 0.717) is 6.42 Å². The first-order valence-corrected chi connectivity index (χ1v) is 9.19. The summed E-state index contributed by atoms with van der Waals surface area (Å²) in [6.07, 6.45) is 4.26. The second-order valence-corrected chi connectivity index (χ2v) is 7.89. The van der Waals surface area contributed by atoms with E-state index in [9.17, 15) is 18.0 Å². The van der Waals surface area contributed by atoms with Crippen molar-refractivity contribution in [3.63, 3.8) is 0 Å². The second-order valence-electron chi connectivity index (χ2n) is 5.90. The molecule has 22 heavy (non-hydrogen) atoms. The Bertz CT molecular complexity index is 510. The summed E-state index contributed by atoms with van der Waals surface area (Å²) in [4.78, 5) is 23.5. The summed E-state index contributed by atoms with van der Waals surface area (Å²) in [6.45, 7) is 0.652. The van der Waals surface area contributed by atoms with Crippen LogP contribution < -0.4 is 10.0 Å². The number of carbonyl (C=O) groups is 2. The Hall–Kier alpha value is -1.35. The lowest BCUT2D eigenvalue weighted by molar-refractivity contribution is -0.137. The number of nitrogens with zero attached hydrogens (tertiary/aromatic N) is 1. The van der Waals surface area contributed by atoms with Crippen molar-refractivity contribution in [2.45, 2.75) is 49.8 Å². The van der Waals surface area contributed by atoms with Crippen LogP contribution >= 0.6 is 0 Å². The highest BCUT2D eigenvalue weighted by molar-refractivity contribution is 7.90. The predicted octanol–water partition coefficient (Wildman–Crippen LogP) is 0.107. The van der Waals surface area contributed by atoms with Crippen LogP contribution in [0.25, 0.3) is 0 Å². The standard InChI is InChI=1S/C13H23N3O5S/c17-12(18)6-3-7-14-13(19)16-8-11(9-16)22(20,21)15-10-4-1-2-5-10/h10-11,15H,1-9H2,(H,14,19)(H,17,18). The lowest BCUT2D eigenvalue weighted by Crippen LogP contribution is -2.62. The van der Waals surface area contributed by atoms with Crippen molar-refractivity contribution in [2.24, 2.45) is 0 Å². The quantitative estimate of drug-likeness (QED) is 0.572.